The summed E-state index contributed by atoms with van der Waals surface area (Å²) in [5.74, 6) is 0.0220. The highest BCUT2D eigenvalue weighted by Gasteiger charge is 2.37. The Kier molecular flexibility index (Phi) is 5.68. The van der Waals surface area contributed by atoms with Crippen molar-refractivity contribution in [3.63, 3.8) is 0 Å². The van der Waals surface area contributed by atoms with Crippen LogP contribution in [0.4, 0.5) is 5.13 Å². The summed E-state index contributed by atoms with van der Waals surface area (Å²) >= 11 is 1.62. The van der Waals surface area contributed by atoms with E-state index in [0.29, 0.717) is 39.2 Å². The highest BCUT2D eigenvalue weighted by molar-refractivity contribution is 7.13. The van der Waals surface area contributed by atoms with Crippen LogP contribution in [0.5, 0.6) is 0 Å². The number of nitrogens with zero attached hydrogens (tertiary/aromatic N) is 4. The molecule has 0 aromatic carbocycles. The van der Waals surface area contributed by atoms with Gasteiger partial charge in [-0.3, -0.25) is 9.59 Å². The largest absolute Gasteiger partial charge is 0.385 e. The van der Waals surface area contributed by atoms with Gasteiger partial charge in [-0.1, -0.05) is 0 Å². The Morgan fingerprint density at radius 3 is 2.83 bits per heavy atom. The third-order valence-electron chi connectivity index (χ3n) is 4.62. The first-order valence-electron chi connectivity index (χ1n) is 8.39. The van der Waals surface area contributed by atoms with Crippen molar-refractivity contribution in [2.24, 2.45) is 5.92 Å². The van der Waals surface area contributed by atoms with Crippen LogP contribution in [0, 0.1) is 5.92 Å². The topological polar surface area (TPSA) is 66.0 Å². The maximum absolute atomic E-state index is 12.7. The SMILES string of the molecule is COCCCN1CC(C(=O)N2CCN(c3nccs3)CC2)CC1=O. The molecule has 2 saturated heterocycles. The fourth-order valence-corrected chi connectivity index (χ4v) is 4.00. The van der Waals surface area contributed by atoms with Gasteiger partial charge in [-0.2, -0.15) is 0 Å². The van der Waals surface area contributed by atoms with E-state index in [1.54, 1.807) is 29.5 Å². The smallest absolute Gasteiger partial charge is 0.228 e. The molecular formula is C16H24N4O3S. The molecule has 7 nitrogen and oxygen atoms in total. The van der Waals surface area contributed by atoms with Crippen molar-refractivity contribution in [2.45, 2.75) is 12.8 Å². The number of hydrogen-bond donors (Lipinski definition) is 0. The van der Waals surface area contributed by atoms with E-state index in [0.717, 1.165) is 24.6 Å². The number of thiazole rings is 1. The predicted molar refractivity (Wildman–Crippen MR) is 92.1 cm³/mol. The normalized spacial score (nSPS) is 21.6. The van der Waals surface area contributed by atoms with Crippen molar-refractivity contribution in [2.75, 3.05) is 57.9 Å². The Hall–Kier alpha value is -1.67. The molecule has 0 aliphatic carbocycles. The molecule has 1 aromatic heterocycles. The zero-order chi connectivity index (χ0) is 16.9. The van der Waals surface area contributed by atoms with Crippen molar-refractivity contribution < 1.29 is 14.3 Å². The fraction of sp³-hybridized carbons (Fsp3) is 0.688. The lowest BCUT2D eigenvalue weighted by molar-refractivity contribution is -0.136. The Labute approximate surface area is 146 Å². The van der Waals surface area contributed by atoms with Gasteiger partial charge in [0, 0.05) is 71.0 Å². The van der Waals surface area contributed by atoms with Gasteiger partial charge in [0.1, 0.15) is 0 Å². The summed E-state index contributed by atoms with van der Waals surface area (Å²) in [5.41, 5.74) is 0. The summed E-state index contributed by atoms with van der Waals surface area (Å²) < 4.78 is 5.02. The molecule has 1 atom stereocenters. The molecule has 24 heavy (non-hydrogen) atoms. The molecule has 2 aliphatic rings. The van der Waals surface area contributed by atoms with Crippen LogP contribution in [0.15, 0.2) is 11.6 Å². The number of anilines is 1. The van der Waals surface area contributed by atoms with Gasteiger partial charge in [0.2, 0.25) is 11.8 Å². The number of hydrogen-bond acceptors (Lipinski definition) is 6. The molecule has 1 unspecified atom stereocenters. The first-order chi connectivity index (χ1) is 11.7. The molecule has 132 valence electrons. The molecule has 0 radical (unpaired) electrons. The molecule has 8 heteroatoms. The third-order valence-corrected chi connectivity index (χ3v) is 5.45. The standard InChI is InChI=1S/C16H24N4O3S/c1-23-9-2-4-20-12-13(11-14(20)21)15(22)18-5-7-19(8-6-18)16-17-3-10-24-16/h3,10,13H,2,4-9,11-12H2,1H3. The predicted octanol–water partition coefficient (Wildman–Crippen LogP) is 0.677. The Morgan fingerprint density at radius 1 is 1.38 bits per heavy atom. The maximum Gasteiger partial charge on any atom is 0.228 e. The first kappa shape index (κ1) is 17.2. The second kappa shape index (κ2) is 7.94. The molecule has 0 N–H and O–H groups in total. The van der Waals surface area contributed by atoms with Crippen LogP contribution in [-0.2, 0) is 14.3 Å². The Morgan fingerprint density at radius 2 is 2.17 bits per heavy atom. The van der Waals surface area contributed by atoms with Gasteiger partial charge in [0.05, 0.1) is 5.92 Å². The Balaban J connectivity index is 1.48. The summed E-state index contributed by atoms with van der Waals surface area (Å²) in [6.07, 6.45) is 2.97. The molecule has 3 rings (SSSR count). The zero-order valence-electron chi connectivity index (χ0n) is 14.0. The van der Waals surface area contributed by atoms with Crippen LogP contribution in [0.3, 0.4) is 0 Å². The van der Waals surface area contributed by atoms with Crippen molar-refractivity contribution in [3.05, 3.63) is 11.6 Å². The van der Waals surface area contributed by atoms with Gasteiger partial charge >= 0.3 is 0 Å². The van der Waals surface area contributed by atoms with E-state index < -0.39 is 0 Å². The molecule has 2 aliphatic heterocycles. The lowest BCUT2D eigenvalue weighted by Gasteiger charge is -2.35. The molecule has 2 fully saturated rings. The quantitative estimate of drug-likeness (QED) is 0.705. The summed E-state index contributed by atoms with van der Waals surface area (Å²) in [6.45, 7) is 4.87. The molecule has 0 spiro atoms. The lowest BCUT2D eigenvalue weighted by Crippen LogP contribution is -2.50. The van der Waals surface area contributed by atoms with E-state index in [4.69, 9.17) is 4.74 Å². The van der Waals surface area contributed by atoms with E-state index >= 15 is 0 Å². The third kappa shape index (κ3) is 3.87. The summed E-state index contributed by atoms with van der Waals surface area (Å²) in [6, 6.07) is 0. The summed E-state index contributed by atoms with van der Waals surface area (Å²) in [7, 11) is 1.66. The summed E-state index contributed by atoms with van der Waals surface area (Å²) in [5, 5.41) is 2.98. The number of carbonyl (C=O) groups is 2. The number of amides is 2. The van der Waals surface area contributed by atoms with Crippen molar-refractivity contribution in [3.8, 4) is 0 Å². The average molecular weight is 352 g/mol. The van der Waals surface area contributed by atoms with Gasteiger partial charge in [0.25, 0.3) is 0 Å². The Bertz CT molecular complexity index is 558. The molecular weight excluding hydrogens is 328 g/mol. The minimum atomic E-state index is -0.188. The van der Waals surface area contributed by atoms with Gasteiger partial charge in [-0.25, -0.2) is 4.98 Å². The molecule has 2 amide bonds. The number of likely N-dealkylation sites (tertiary alicyclic amines) is 1. The summed E-state index contributed by atoms with van der Waals surface area (Å²) in [4.78, 5) is 35.0. The molecule has 0 saturated carbocycles. The van der Waals surface area contributed by atoms with Gasteiger partial charge in [-0.15, -0.1) is 11.3 Å². The van der Waals surface area contributed by atoms with E-state index in [-0.39, 0.29) is 17.7 Å². The monoisotopic (exact) mass is 352 g/mol. The minimum absolute atomic E-state index is 0.0888. The second-order valence-corrected chi connectivity index (χ2v) is 7.09. The van der Waals surface area contributed by atoms with Crippen LogP contribution in [0.25, 0.3) is 0 Å². The fourth-order valence-electron chi connectivity index (χ4n) is 3.30. The molecule has 0 bridgehead atoms. The van der Waals surface area contributed by atoms with Crippen LogP contribution >= 0.6 is 11.3 Å². The van der Waals surface area contributed by atoms with Crippen molar-refractivity contribution in [1.82, 2.24) is 14.8 Å². The van der Waals surface area contributed by atoms with Crippen molar-refractivity contribution in [1.29, 1.82) is 0 Å². The van der Waals surface area contributed by atoms with E-state index in [1.807, 2.05) is 10.3 Å². The number of carbonyl (C=O) groups excluding carboxylic acids is 2. The average Bonchev–Trinajstić information content (AvgIpc) is 3.25. The van der Waals surface area contributed by atoms with Gasteiger partial charge in [-0.05, 0) is 6.42 Å². The second-order valence-electron chi connectivity index (χ2n) is 6.21. The number of methoxy groups -OCH3 is 1. The maximum atomic E-state index is 12.7. The van der Waals surface area contributed by atoms with Crippen LogP contribution in [-0.4, -0.2) is 79.6 Å². The van der Waals surface area contributed by atoms with Gasteiger partial charge < -0.3 is 19.4 Å². The highest BCUT2D eigenvalue weighted by atomic mass is 32.1. The molecule has 1 aromatic rings. The van der Waals surface area contributed by atoms with Crippen LogP contribution in [0.2, 0.25) is 0 Å². The lowest BCUT2D eigenvalue weighted by atomic mass is 10.1. The van der Waals surface area contributed by atoms with Gasteiger partial charge in [0.15, 0.2) is 5.13 Å². The number of ether oxygens (including phenoxy) is 1. The number of aromatic nitrogens is 1. The number of rotatable bonds is 6. The number of piperazine rings is 1. The zero-order valence-corrected chi connectivity index (χ0v) is 14.8. The van der Waals surface area contributed by atoms with Crippen LogP contribution < -0.4 is 4.90 Å². The van der Waals surface area contributed by atoms with E-state index in [1.165, 1.54) is 0 Å². The minimum Gasteiger partial charge on any atom is -0.385 e. The highest BCUT2D eigenvalue weighted by Crippen LogP contribution is 2.23. The van der Waals surface area contributed by atoms with Crippen molar-refractivity contribution >= 4 is 28.3 Å². The first-order valence-corrected chi connectivity index (χ1v) is 9.27. The van der Waals surface area contributed by atoms with E-state index in [9.17, 15) is 9.59 Å². The van der Waals surface area contributed by atoms with Crippen LogP contribution in [0.1, 0.15) is 12.8 Å². The molecule has 3 heterocycles. The van der Waals surface area contributed by atoms with E-state index in [2.05, 4.69) is 9.88 Å².